The van der Waals surface area contributed by atoms with E-state index in [4.69, 9.17) is 16.3 Å². The topological polar surface area (TPSA) is 72.5 Å². The van der Waals surface area contributed by atoms with Crippen molar-refractivity contribution in [2.75, 3.05) is 12.4 Å². The number of hydrogen-bond acceptors (Lipinski definition) is 5. The summed E-state index contributed by atoms with van der Waals surface area (Å²) in [6, 6.07) is 13.2. The lowest BCUT2D eigenvalue weighted by molar-refractivity contribution is -0.119. The molecule has 0 aliphatic rings. The molecule has 0 saturated heterocycles. The molecule has 2 rings (SSSR count). The first-order valence-corrected chi connectivity index (χ1v) is 9.70. The van der Waals surface area contributed by atoms with Gasteiger partial charge in [-0.1, -0.05) is 23.7 Å². The number of ketones is 1. The molecule has 5 nitrogen and oxygen atoms in total. The Morgan fingerprint density at radius 2 is 1.74 bits per heavy atom. The average Bonchev–Trinajstić information content (AvgIpc) is 2.64. The number of benzene rings is 2. The highest BCUT2D eigenvalue weighted by atomic mass is 35.5. The van der Waals surface area contributed by atoms with Crippen molar-refractivity contribution in [2.24, 2.45) is 0 Å². The van der Waals surface area contributed by atoms with Gasteiger partial charge >= 0.3 is 5.97 Å². The lowest BCUT2D eigenvalue weighted by Gasteiger charge is -2.10. The maximum Gasteiger partial charge on any atom is 0.339 e. The molecule has 0 aliphatic heterocycles. The summed E-state index contributed by atoms with van der Waals surface area (Å²) < 4.78 is 5.15. The predicted molar refractivity (Wildman–Crippen MR) is 107 cm³/mol. The van der Waals surface area contributed by atoms with Crippen LogP contribution in [0.2, 0.25) is 5.02 Å². The number of Topliss-reactive ketones (excluding diaryl/α,β-unsaturated/α-hetero) is 1. The van der Waals surface area contributed by atoms with E-state index in [9.17, 15) is 14.4 Å². The van der Waals surface area contributed by atoms with Gasteiger partial charge in [-0.3, -0.25) is 9.59 Å². The maximum atomic E-state index is 12.4. The van der Waals surface area contributed by atoms with Crippen LogP contribution >= 0.6 is 23.4 Å². The fraction of sp³-hybridized carbons (Fsp3) is 0.250. The Balaban J connectivity index is 1.96. The monoisotopic (exact) mass is 405 g/mol. The molecule has 0 heterocycles. The van der Waals surface area contributed by atoms with Crippen molar-refractivity contribution in [2.45, 2.75) is 24.8 Å². The molecule has 0 unspecified atom stereocenters. The number of rotatable bonds is 8. The second-order valence-corrected chi connectivity index (χ2v) is 7.47. The van der Waals surface area contributed by atoms with Gasteiger partial charge in [0.05, 0.1) is 11.3 Å². The molecular formula is C20H20ClNO4S. The second kappa shape index (κ2) is 10.1. The molecule has 0 aliphatic carbocycles. The van der Waals surface area contributed by atoms with Crippen LogP contribution in [0.1, 0.15) is 34.6 Å². The molecule has 27 heavy (non-hydrogen) atoms. The van der Waals surface area contributed by atoms with Crippen molar-refractivity contribution >= 4 is 41.0 Å². The molecule has 142 valence electrons. The normalized spacial score (nSPS) is 10.5. The van der Waals surface area contributed by atoms with Crippen molar-refractivity contribution in [1.29, 1.82) is 0 Å². The molecule has 0 fully saturated rings. The first kappa shape index (κ1) is 21.0. The Labute approximate surface area is 167 Å². The van der Waals surface area contributed by atoms with Crippen LogP contribution in [-0.4, -0.2) is 36.1 Å². The first-order chi connectivity index (χ1) is 12.9. The minimum Gasteiger partial charge on any atom is -0.454 e. The van der Waals surface area contributed by atoms with Gasteiger partial charge < -0.3 is 10.1 Å². The molecule has 0 aromatic heterocycles. The average molecular weight is 406 g/mol. The van der Waals surface area contributed by atoms with Gasteiger partial charge in [-0.15, -0.1) is 11.8 Å². The van der Waals surface area contributed by atoms with Crippen LogP contribution in [0.3, 0.4) is 0 Å². The van der Waals surface area contributed by atoms with Crippen molar-refractivity contribution in [3.8, 4) is 0 Å². The van der Waals surface area contributed by atoms with E-state index in [1.165, 1.54) is 11.8 Å². The standard InChI is InChI=1S/C20H20ClNO4S/c1-13(2)22-19(24)12-27-18-6-4-3-5-16(18)20(25)26-11-17(23)14-7-9-15(21)10-8-14/h3-10,13H,11-12H2,1-2H3,(H,22,24). The third-order valence-electron chi connectivity index (χ3n) is 3.42. The van der Waals surface area contributed by atoms with E-state index in [1.54, 1.807) is 48.5 Å². The zero-order valence-corrected chi connectivity index (χ0v) is 16.6. The number of carbonyl (C=O) groups is 3. The molecule has 0 radical (unpaired) electrons. The summed E-state index contributed by atoms with van der Waals surface area (Å²) in [7, 11) is 0. The highest BCUT2D eigenvalue weighted by Gasteiger charge is 2.16. The summed E-state index contributed by atoms with van der Waals surface area (Å²) >= 11 is 7.04. The number of hydrogen-bond donors (Lipinski definition) is 1. The lowest BCUT2D eigenvalue weighted by atomic mass is 10.1. The summed E-state index contributed by atoms with van der Waals surface area (Å²) in [4.78, 5) is 36.9. The van der Waals surface area contributed by atoms with E-state index in [0.29, 0.717) is 21.0 Å². The number of ether oxygens (including phenoxy) is 1. The Hall–Kier alpha value is -2.31. The number of esters is 1. The van der Waals surface area contributed by atoms with Gasteiger partial charge in [0.25, 0.3) is 0 Å². The Morgan fingerprint density at radius 3 is 2.41 bits per heavy atom. The Bertz CT molecular complexity index is 821. The van der Waals surface area contributed by atoms with Crippen molar-refractivity contribution < 1.29 is 19.1 Å². The lowest BCUT2D eigenvalue weighted by Crippen LogP contribution is -2.31. The highest BCUT2D eigenvalue weighted by molar-refractivity contribution is 8.00. The molecular weight excluding hydrogens is 386 g/mol. The molecule has 2 aromatic rings. The Kier molecular flexibility index (Phi) is 7.88. The molecule has 7 heteroatoms. The minimum absolute atomic E-state index is 0.0530. The number of amides is 1. The Morgan fingerprint density at radius 1 is 1.07 bits per heavy atom. The van der Waals surface area contributed by atoms with Crippen LogP contribution in [-0.2, 0) is 9.53 Å². The van der Waals surface area contributed by atoms with E-state index < -0.39 is 5.97 Å². The summed E-state index contributed by atoms with van der Waals surface area (Å²) in [6.07, 6.45) is 0. The number of thioether (sulfide) groups is 1. The summed E-state index contributed by atoms with van der Waals surface area (Å²) in [6.45, 7) is 3.39. The van der Waals surface area contributed by atoms with E-state index >= 15 is 0 Å². The quantitative estimate of drug-likeness (QED) is 0.408. The van der Waals surface area contributed by atoms with Gasteiger partial charge in [-0.25, -0.2) is 4.79 Å². The smallest absolute Gasteiger partial charge is 0.339 e. The van der Waals surface area contributed by atoms with Crippen molar-refractivity contribution in [3.05, 3.63) is 64.7 Å². The molecule has 1 amide bonds. The van der Waals surface area contributed by atoms with Gasteiger partial charge in [-0.05, 0) is 50.2 Å². The van der Waals surface area contributed by atoms with Crippen molar-refractivity contribution in [3.63, 3.8) is 0 Å². The fourth-order valence-corrected chi connectivity index (χ4v) is 3.17. The van der Waals surface area contributed by atoms with Crippen LogP contribution in [0.4, 0.5) is 0 Å². The molecule has 0 spiro atoms. The zero-order chi connectivity index (χ0) is 19.8. The van der Waals surface area contributed by atoms with Crippen LogP contribution in [0.25, 0.3) is 0 Å². The zero-order valence-electron chi connectivity index (χ0n) is 15.0. The number of carbonyl (C=O) groups excluding carboxylic acids is 3. The predicted octanol–water partition coefficient (Wildman–Crippen LogP) is 4.00. The maximum absolute atomic E-state index is 12.4. The van der Waals surface area contributed by atoms with Crippen molar-refractivity contribution in [1.82, 2.24) is 5.32 Å². The van der Waals surface area contributed by atoms with E-state index in [-0.39, 0.29) is 30.1 Å². The third-order valence-corrected chi connectivity index (χ3v) is 4.74. The first-order valence-electron chi connectivity index (χ1n) is 8.34. The molecule has 0 bridgehead atoms. The third kappa shape index (κ3) is 6.73. The summed E-state index contributed by atoms with van der Waals surface area (Å²) in [5.41, 5.74) is 0.740. The minimum atomic E-state index is -0.607. The summed E-state index contributed by atoms with van der Waals surface area (Å²) in [5.74, 6) is -0.853. The van der Waals surface area contributed by atoms with Gasteiger partial charge in [-0.2, -0.15) is 0 Å². The van der Waals surface area contributed by atoms with E-state index in [1.807, 2.05) is 13.8 Å². The van der Waals surface area contributed by atoms with E-state index in [0.717, 1.165) is 0 Å². The SMILES string of the molecule is CC(C)NC(=O)CSc1ccccc1C(=O)OCC(=O)c1ccc(Cl)cc1. The van der Waals surface area contributed by atoms with Crippen LogP contribution < -0.4 is 5.32 Å². The second-order valence-electron chi connectivity index (χ2n) is 6.01. The highest BCUT2D eigenvalue weighted by Crippen LogP contribution is 2.23. The molecule has 2 aromatic carbocycles. The molecule has 1 N–H and O–H groups in total. The largest absolute Gasteiger partial charge is 0.454 e. The van der Waals surface area contributed by atoms with Crippen LogP contribution in [0, 0.1) is 0 Å². The van der Waals surface area contributed by atoms with Gasteiger partial charge in [0, 0.05) is 21.5 Å². The van der Waals surface area contributed by atoms with Gasteiger partial charge in [0.15, 0.2) is 12.4 Å². The summed E-state index contributed by atoms with van der Waals surface area (Å²) in [5, 5.41) is 3.32. The number of halogens is 1. The van der Waals surface area contributed by atoms with E-state index in [2.05, 4.69) is 5.32 Å². The van der Waals surface area contributed by atoms with Gasteiger partial charge in [0.1, 0.15) is 0 Å². The van der Waals surface area contributed by atoms with Crippen LogP contribution in [0.5, 0.6) is 0 Å². The number of nitrogens with one attached hydrogen (secondary N) is 1. The fourth-order valence-electron chi connectivity index (χ4n) is 2.20. The molecule has 0 atom stereocenters. The van der Waals surface area contributed by atoms with Gasteiger partial charge in [0.2, 0.25) is 5.91 Å². The molecule has 0 saturated carbocycles. The van der Waals surface area contributed by atoms with Crippen LogP contribution in [0.15, 0.2) is 53.4 Å².